The molecular weight excluding hydrogens is 549 g/mol. The third-order valence-corrected chi connectivity index (χ3v) is 9.35. The highest BCUT2D eigenvalue weighted by atomic mass is 19.1. The lowest BCUT2D eigenvalue weighted by molar-refractivity contribution is -0.156. The van der Waals surface area contributed by atoms with Gasteiger partial charge in [0.2, 0.25) is 0 Å². The molecule has 2 saturated heterocycles. The SMILES string of the molecule is CCOC(=O)C1(C)CCN(C2=NOC3(C2)CN(Cc2cc(OCCCOC)c(-c4ccc(F)cc4)c(C4CC4)c2)C3)CC1. The molecular formula is C34H44FN3O5. The summed E-state index contributed by atoms with van der Waals surface area (Å²) in [6.45, 7) is 9.50. The first-order valence-electron chi connectivity index (χ1n) is 15.8. The van der Waals surface area contributed by atoms with Crippen LogP contribution in [0.15, 0.2) is 41.6 Å². The quantitative estimate of drug-likeness (QED) is 0.243. The molecule has 2 aromatic rings. The number of halogens is 1. The number of oxime groups is 1. The van der Waals surface area contributed by atoms with Gasteiger partial charge in [-0.3, -0.25) is 9.69 Å². The Labute approximate surface area is 254 Å². The third-order valence-electron chi connectivity index (χ3n) is 9.35. The molecule has 0 aromatic heterocycles. The summed E-state index contributed by atoms with van der Waals surface area (Å²) < 4.78 is 30.7. The Morgan fingerprint density at radius 1 is 1.12 bits per heavy atom. The van der Waals surface area contributed by atoms with E-state index in [1.807, 2.05) is 26.0 Å². The first-order chi connectivity index (χ1) is 20.8. The van der Waals surface area contributed by atoms with Gasteiger partial charge in [0, 0.05) is 58.4 Å². The Bertz CT molecular complexity index is 1330. The van der Waals surface area contributed by atoms with Gasteiger partial charge in [0.1, 0.15) is 17.4 Å². The van der Waals surface area contributed by atoms with E-state index in [1.54, 1.807) is 7.11 Å². The molecule has 9 heteroatoms. The molecule has 8 nitrogen and oxygen atoms in total. The normalized spacial score (nSPS) is 20.8. The smallest absolute Gasteiger partial charge is 0.311 e. The molecule has 3 heterocycles. The van der Waals surface area contributed by atoms with Crippen molar-refractivity contribution in [1.82, 2.24) is 9.80 Å². The molecule has 0 atom stereocenters. The van der Waals surface area contributed by atoms with Crippen LogP contribution in [0.3, 0.4) is 0 Å². The third kappa shape index (κ3) is 6.53. The fraction of sp³-hybridized carbons (Fsp3) is 0.588. The van der Waals surface area contributed by atoms with Crippen LogP contribution in [0, 0.1) is 11.2 Å². The Kier molecular flexibility index (Phi) is 8.65. The molecule has 0 unspecified atom stereocenters. The number of methoxy groups -OCH3 is 1. The van der Waals surface area contributed by atoms with E-state index in [1.165, 1.54) is 23.3 Å². The highest BCUT2D eigenvalue weighted by Gasteiger charge is 2.51. The number of hydrogen-bond donors (Lipinski definition) is 0. The van der Waals surface area contributed by atoms with Gasteiger partial charge in [0.25, 0.3) is 0 Å². The van der Waals surface area contributed by atoms with Crippen molar-refractivity contribution in [3.8, 4) is 16.9 Å². The number of piperidine rings is 1. The number of likely N-dealkylation sites (tertiary alicyclic amines) is 2. The zero-order chi connectivity index (χ0) is 30.0. The predicted molar refractivity (Wildman–Crippen MR) is 162 cm³/mol. The van der Waals surface area contributed by atoms with Gasteiger partial charge in [-0.2, -0.15) is 0 Å². The van der Waals surface area contributed by atoms with Gasteiger partial charge in [0.15, 0.2) is 5.60 Å². The Morgan fingerprint density at radius 3 is 2.53 bits per heavy atom. The lowest BCUT2D eigenvalue weighted by Crippen LogP contribution is -2.61. The fourth-order valence-electron chi connectivity index (χ4n) is 6.68. The maximum absolute atomic E-state index is 13.8. The van der Waals surface area contributed by atoms with Gasteiger partial charge >= 0.3 is 5.97 Å². The first-order valence-corrected chi connectivity index (χ1v) is 15.8. The minimum Gasteiger partial charge on any atom is -0.493 e. The number of rotatable bonds is 11. The second-order valence-corrected chi connectivity index (χ2v) is 12.9. The van der Waals surface area contributed by atoms with E-state index in [0.717, 1.165) is 94.0 Å². The van der Waals surface area contributed by atoms with Crippen molar-refractivity contribution in [3.63, 3.8) is 0 Å². The van der Waals surface area contributed by atoms with E-state index < -0.39 is 5.41 Å². The Balaban J connectivity index is 1.10. The number of carbonyl (C=O) groups excluding carboxylic acids is 1. The molecule has 232 valence electrons. The molecule has 43 heavy (non-hydrogen) atoms. The number of amidine groups is 1. The van der Waals surface area contributed by atoms with Crippen molar-refractivity contribution in [2.24, 2.45) is 10.6 Å². The van der Waals surface area contributed by atoms with Crippen LogP contribution in [0.2, 0.25) is 0 Å². The second kappa shape index (κ2) is 12.4. The van der Waals surface area contributed by atoms with Crippen LogP contribution in [0.25, 0.3) is 11.1 Å². The molecule has 1 spiro atoms. The number of esters is 1. The van der Waals surface area contributed by atoms with Crippen molar-refractivity contribution < 1.29 is 28.2 Å². The molecule has 2 aromatic carbocycles. The second-order valence-electron chi connectivity index (χ2n) is 12.9. The highest BCUT2D eigenvalue weighted by molar-refractivity contribution is 5.85. The zero-order valence-electron chi connectivity index (χ0n) is 25.7. The molecule has 1 saturated carbocycles. The molecule has 3 aliphatic heterocycles. The summed E-state index contributed by atoms with van der Waals surface area (Å²) in [5.41, 5.74) is 3.89. The number of hydrogen-bond acceptors (Lipinski definition) is 8. The minimum atomic E-state index is -0.421. The predicted octanol–water partition coefficient (Wildman–Crippen LogP) is 5.74. The van der Waals surface area contributed by atoms with Gasteiger partial charge in [-0.1, -0.05) is 23.4 Å². The molecule has 6 rings (SSSR count). The van der Waals surface area contributed by atoms with Crippen molar-refractivity contribution in [2.75, 3.05) is 53.1 Å². The van der Waals surface area contributed by atoms with Crippen LogP contribution in [0.4, 0.5) is 4.39 Å². The highest BCUT2D eigenvalue weighted by Crippen LogP contribution is 2.48. The van der Waals surface area contributed by atoms with Gasteiger partial charge < -0.3 is 23.9 Å². The van der Waals surface area contributed by atoms with Gasteiger partial charge in [-0.15, -0.1) is 0 Å². The monoisotopic (exact) mass is 593 g/mol. The van der Waals surface area contributed by atoms with E-state index >= 15 is 0 Å². The van der Waals surface area contributed by atoms with Crippen LogP contribution in [-0.4, -0.2) is 80.3 Å². The summed E-state index contributed by atoms with van der Waals surface area (Å²) in [7, 11) is 1.70. The summed E-state index contributed by atoms with van der Waals surface area (Å²) in [6.07, 6.45) is 5.45. The van der Waals surface area contributed by atoms with E-state index in [-0.39, 0.29) is 17.4 Å². The maximum atomic E-state index is 13.8. The van der Waals surface area contributed by atoms with Crippen molar-refractivity contribution in [2.45, 2.75) is 70.4 Å². The Morgan fingerprint density at radius 2 is 1.86 bits per heavy atom. The molecule has 0 N–H and O–H groups in total. The number of carbonyl (C=O) groups is 1. The van der Waals surface area contributed by atoms with Crippen LogP contribution in [0.5, 0.6) is 5.75 Å². The average Bonchev–Trinajstić information content (AvgIpc) is 3.74. The topological polar surface area (TPSA) is 72.8 Å². The fourth-order valence-corrected chi connectivity index (χ4v) is 6.68. The van der Waals surface area contributed by atoms with Crippen molar-refractivity contribution in [1.29, 1.82) is 0 Å². The summed E-state index contributed by atoms with van der Waals surface area (Å²) in [6, 6.07) is 11.2. The largest absolute Gasteiger partial charge is 0.493 e. The van der Waals surface area contributed by atoms with Crippen LogP contribution < -0.4 is 4.74 Å². The van der Waals surface area contributed by atoms with Crippen molar-refractivity contribution in [3.05, 3.63) is 53.3 Å². The van der Waals surface area contributed by atoms with Gasteiger partial charge in [-0.25, -0.2) is 4.39 Å². The Hall–Kier alpha value is -3.17. The standard InChI is InChI=1S/C34H44FN3O5/c1-4-41-32(39)33(2)12-14-38(15-13-33)30-20-34(43-36-30)22-37(23-34)21-24-18-28(25-6-7-25)31(26-8-10-27(35)11-9-26)29(19-24)42-17-5-16-40-3/h8-11,18-19,25H,4-7,12-17,20-23H2,1-3H3. The number of ether oxygens (including phenoxy) is 3. The van der Waals surface area contributed by atoms with Crippen LogP contribution >= 0.6 is 0 Å². The lowest BCUT2D eigenvalue weighted by atomic mass is 9.80. The van der Waals surface area contributed by atoms with E-state index in [9.17, 15) is 9.18 Å². The lowest BCUT2D eigenvalue weighted by Gasteiger charge is -2.46. The molecule has 0 radical (unpaired) electrons. The van der Waals surface area contributed by atoms with Crippen LogP contribution in [0.1, 0.15) is 69.4 Å². The maximum Gasteiger partial charge on any atom is 0.311 e. The molecule has 4 aliphatic rings. The zero-order valence-corrected chi connectivity index (χ0v) is 25.7. The van der Waals surface area contributed by atoms with E-state index in [0.29, 0.717) is 25.7 Å². The minimum absolute atomic E-state index is 0.0931. The summed E-state index contributed by atoms with van der Waals surface area (Å²) in [5.74, 6) is 2.04. The van der Waals surface area contributed by atoms with Crippen molar-refractivity contribution >= 4 is 11.8 Å². The van der Waals surface area contributed by atoms with Gasteiger partial charge in [0.05, 0.1) is 25.0 Å². The average molecular weight is 594 g/mol. The summed E-state index contributed by atoms with van der Waals surface area (Å²) >= 11 is 0. The summed E-state index contributed by atoms with van der Waals surface area (Å²) in [4.78, 5) is 23.2. The first kappa shape index (κ1) is 29.9. The number of nitrogens with zero attached hydrogens (tertiary/aromatic N) is 3. The van der Waals surface area contributed by atoms with E-state index in [4.69, 9.17) is 19.0 Å². The van der Waals surface area contributed by atoms with Gasteiger partial charge in [-0.05, 0) is 80.3 Å². The molecule has 3 fully saturated rings. The van der Waals surface area contributed by atoms with Crippen LogP contribution in [-0.2, 0) is 25.7 Å². The molecule has 0 bridgehead atoms. The number of benzene rings is 2. The molecule has 1 aliphatic carbocycles. The molecule has 0 amide bonds. The summed E-state index contributed by atoms with van der Waals surface area (Å²) in [5, 5.41) is 4.51. The van der Waals surface area contributed by atoms with E-state index in [2.05, 4.69) is 27.1 Å².